The normalized spacial score (nSPS) is 12.2. The van der Waals surface area contributed by atoms with E-state index in [0.29, 0.717) is 29.5 Å². The summed E-state index contributed by atoms with van der Waals surface area (Å²) in [6.07, 6.45) is -3.89. The highest BCUT2D eigenvalue weighted by atomic mass is 79.9. The molecule has 0 bridgehead atoms. The number of amides is 1. The highest BCUT2D eigenvalue weighted by molar-refractivity contribution is 9.10. The number of nitrogens with one attached hydrogen (secondary N) is 1. The second-order valence-corrected chi connectivity index (χ2v) is 11.7. The smallest absolute Gasteiger partial charge is 0.323 e. The summed E-state index contributed by atoms with van der Waals surface area (Å²) < 4.78 is 43.0. The van der Waals surface area contributed by atoms with Crippen LogP contribution in [0.2, 0.25) is 5.02 Å². The molecule has 0 fully saturated rings. The quantitative estimate of drug-likeness (QED) is 0.159. The van der Waals surface area contributed by atoms with Gasteiger partial charge >= 0.3 is 6.18 Å². The fraction of sp³-hybridized carbons (Fsp3) is 0.129. The van der Waals surface area contributed by atoms with Crippen LogP contribution in [0.1, 0.15) is 21.9 Å². The van der Waals surface area contributed by atoms with Crippen LogP contribution in [0.3, 0.4) is 0 Å². The molecule has 214 valence electrons. The van der Waals surface area contributed by atoms with Crippen molar-refractivity contribution in [1.82, 2.24) is 14.8 Å². The number of hydrogen-bond acceptors (Lipinski definition) is 4. The first-order chi connectivity index (χ1) is 20.2. The van der Waals surface area contributed by atoms with E-state index in [1.54, 1.807) is 24.3 Å². The van der Waals surface area contributed by atoms with Gasteiger partial charge in [0.05, 0.1) is 16.3 Å². The predicted octanol–water partition coefficient (Wildman–Crippen LogP) is 9.09. The lowest BCUT2D eigenvalue weighted by molar-refractivity contribution is -0.137. The van der Waals surface area contributed by atoms with Gasteiger partial charge in [0.2, 0.25) is 5.91 Å². The Bertz CT molecular complexity index is 1670. The summed E-state index contributed by atoms with van der Waals surface area (Å²) in [5, 5.41) is 11.2. The number of rotatable bonds is 9. The Morgan fingerprint density at radius 1 is 0.929 bits per heavy atom. The second kappa shape index (κ2) is 13.1. The summed E-state index contributed by atoms with van der Waals surface area (Å²) in [5.41, 5.74) is 1.58. The number of anilines is 1. The van der Waals surface area contributed by atoms with Crippen LogP contribution < -0.4 is 5.32 Å². The molecule has 1 unspecified atom stereocenters. The molecular formula is C31H23BrClF3N4OS. The summed E-state index contributed by atoms with van der Waals surface area (Å²) in [5.74, 6) is 0.0873. The van der Waals surface area contributed by atoms with Gasteiger partial charge in [-0.05, 0) is 47.9 Å². The van der Waals surface area contributed by atoms with Crippen LogP contribution in [0.15, 0.2) is 113 Å². The van der Waals surface area contributed by atoms with Crippen LogP contribution in [0.25, 0.3) is 11.4 Å². The Morgan fingerprint density at radius 3 is 2.26 bits per heavy atom. The van der Waals surface area contributed by atoms with Gasteiger partial charge < -0.3 is 9.88 Å². The van der Waals surface area contributed by atoms with Crippen LogP contribution in [0.4, 0.5) is 18.9 Å². The van der Waals surface area contributed by atoms with Crippen molar-refractivity contribution in [2.45, 2.75) is 29.5 Å². The first-order valence-electron chi connectivity index (χ1n) is 12.8. The van der Waals surface area contributed by atoms with Gasteiger partial charge in [0.1, 0.15) is 5.25 Å². The summed E-state index contributed by atoms with van der Waals surface area (Å²) >= 11 is 10.8. The Morgan fingerprint density at radius 2 is 1.60 bits per heavy atom. The molecule has 5 nitrogen and oxygen atoms in total. The molecule has 1 aromatic heterocycles. The lowest BCUT2D eigenvalue weighted by atomic mass is 10.1. The number of thioether (sulfide) groups is 1. The molecule has 4 aromatic carbocycles. The van der Waals surface area contributed by atoms with Crippen LogP contribution in [0.5, 0.6) is 0 Å². The van der Waals surface area contributed by atoms with Crippen LogP contribution in [0, 0.1) is 0 Å². The SMILES string of the molecule is O=C(Nc1cc(C(F)(F)F)ccc1Cl)C(Sc1nnc(-c2ccc(Br)cc2)n1CCc1ccccc1)c1ccccc1. The van der Waals surface area contributed by atoms with E-state index in [0.717, 1.165) is 33.8 Å². The maximum Gasteiger partial charge on any atom is 0.416 e. The average Bonchev–Trinajstić information content (AvgIpc) is 3.39. The molecule has 1 amide bonds. The molecule has 0 saturated heterocycles. The minimum absolute atomic E-state index is 0.00304. The Kier molecular flexibility index (Phi) is 9.35. The molecule has 0 radical (unpaired) electrons. The molecular weight excluding hydrogens is 649 g/mol. The first kappa shape index (κ1) is 29.9. The van der Waals surface area contributed by atoms with E-state index < -0.39 is 22.9 Å². The summed E-state index contributed by atoms with van der Waals surface area (Å²) in [4.78, 5) is 13.7. The van der Waals surface area contributed by atoms with Gasteiger partial charge in [-0.1, -0.05) is 112 Å². The van der Waals surface area contributed by atoms with Gasteiger partial charge in [-0.15, -0.1) is 10.2 Å². The molecule has 5 aromatic rings. The molecule has 0 aliphatic heterocycles. The van der Waals surface area contributed by atoms with Crippen molar-refractivity contribution in [2.75, 3.05) is 5.32 Å². The van der Waals surface area contributed by atoms with Crippen molar-refractivity contribution < 1.29 is 18.0 Å². The minimum Gasteiger partial charge on any atom is -0.323 e. The van der Waals surface area contributed by atoms with E-state index in [-0.39, 0.29) is 10.7 Å². The zero-order valence-corrected chi connectivity index (χ0v) is 25.0. The van der Waals surface area contributed by atoms with E-state index in [9.17, 15) is 18.0 Å². The number of carbonyl (C=O) groups is 1. The molecule has 0 aliphatic rings. The van der Waals surface area contributed by atoms with Crippen LogP contribution in [-0.2, 0) is 23.9 Å². The van der Waals surface area contributed by atoms with Crippen molar-refractivity contribution in [3.05, 3.63) is 129 Å². The van der Waals surface area contributed by atoms with Crippen molar-refractivity contribution >= 4 is 50.9 Å². The molecule has 0 spiro atoms. The third kappa shape index (κ3) is 7.24. The maximum absolute atomic E-state index is 13.7. The van der Waals surface area contributed by atoms with Crippen molar-refractivity contribution in [3.8, 4) is 11.4 Å². The highest BCUT2D eigenvalue weighted by Crippen LogP contribution is 2.39. The first-order valence-corrected chi connectivity index (χ1v) is 14.9. The number of benzene rings is 4. The lowest BCUT2D eigenvalue weighted by Gasteiger charge is -2.19. The number of carbonyl (C=O) groups excluding carboxylic acids is 1. The number of aromatic nitrogens is 3. The predicted molar refractivity (Wildman–Crippen MR) is 163 cm³/mol. The monoisotopic (exact) mass is 670 g/mol. The molecule has 11 heteroatoms. The van der Waals surface area contributed by atoms with Crippen molar-refractivity contribution in [2.24, 2.45) is 0 Å². The van der Waals surface area contributed by atoms with E-state index in [4.69, 9.17) is 11.6 Å². The summed E-state index contributed by atoms with van der Waals surface area (Å²) in [6.45, 7) is 0.535. The topological polar surface area (TPSA) is 59.8 Å². The molecule has 1 heterocycles. The largest absolute Gasteiger partial charge is 0.416 e. The fourth-order valence-electron chi connectivity index (χ4n) is 4.28. The van der Waals surface area contributed by atoms with E-state index in [1.165, 1.54) is 11.8 Å². The second-order valence-electron chi connectivity index (χ2n) is 9.29. The van der Waals surface area contributed by atoms with E-state index >= 15 is 0 Å². The molecule has 1 atom stereocenters. The van der Waals surface area contributed by atoms with E-state index in [1.807, 2.05) is 65.2 Å². The number of hydrogen-bond donors (Lipinski definition) is 1. The molecule has 42 heavy (non-hydrogen) atoms. The van der Waals surface area contributed by atoms with Crippen molar-refractivity contribution in [3.63, 3.8) is 0 Å². The van der Waals surface area contributed by atoms with Gasteiger partial charge in [-0.25, -0.2) is 0 Å². The zero-order chi connectivity index (χ0) is 29.7. The number of aryl methyl sites for hydroxylation is 1. The Balaban J connectivity index is 1.50. The third-order valence-corrected chi connectivity index (χ3v) is 8.49. The number of nitrogens with zero attached hydrogens (tertiary/aromatic N) is 3. The van der Waals surface area contributed by atoms with Gasteiger partial charge in [-0.2, -0.15) is 13.2 Å². The highest BCUT2D eigenvalue weighted by Gasteiger charge is 2.32. The Labute approximate surface area is 258 Å². The fourth-order valence-corrected chi connectivity index (χ4v) is 5.77. The van der Waals surface area contributed by atoms with Crippen LogP contribution in [-0.4, -0.2) is 20.7 Å². The zero-order valence-electron chi connectivity index (χ0n) is 21.9. The maximum atomic E-state index is 13.7. The van der Waals surface area contributed by atoms with Gasteiger partial charge in [0, 0.05) is 16.6 Å². The summed E-state index contributed by atoms with van der Waals surface area (Å²) in [7, 11) is 0. The Hall–Kier alpha value is -3.60. The molecule has 0 aliphatic carbocycles. The van der Waals surface area contributed by atoms with Gasteiger partial charge in [-0.3, -0.25) is 4.79 Å². The third-order valence-electron chi connectivity index (χ3n) is 6.40. The molecule has 1 N–H and O–H groups in total. The van der Waals surface area contributed by atoms with Crippen molar-refractivity contribution in [1.29, 1.82) is 0 Å². The summed E-state index contributed by atoms with van der Waals surface area (Å²) in [6, 6.07) is 29.5. The minimum atomic E-state index is -4.59. The molecule has 5 rings (SSSR count). The van der Waals surface area contributed by atoms with Gasteiger partial charge in [0.25, 0.3) is 0 Å². The number of alkyl halides is 3. The van der Waals surface area contributed by atoms with Crippen LogP contribution >= 0.6 is 39.3 Å². The lowest BCUT2D eigenvalue weighted by Crippen LogP contribution is -2.20. The standard InChI is InChI=1S/C31H23BrClF3N4OS/c32-24-14-11-22(12-15-24)28-38-39-30(40(28)18-17-20-7-3-1-4-8-20)42-27(21-9-5-2-6-10-21)29(41)37-26-19-23(31(34,35)36)13-16-25(26)33/h1-16,19,27H,17-18H2,(H,37,41). The number of halogens is 5. The van der Waals surface area contributed by atoms with Gasteiger partial charge in [0.15, 0.2) is 11.0 Å². The molecule has 0 saturated carbocycles. The average molecular weight is 672 g/mol. The van der Waals surface area contributed by atoms with E-state index in [2.05, 4.69) is 31.4 Å².